The second-order valence-electron chi connectivity index (χ2n) is 5.53. The van der Waals surface area contributed by atoms with E-state index in [0.29, 0.717) is 0 Å². The molecule has 1 aliphatic heterocycles. The molecule has 0 aromatic heterocycles. The normalized spacial score (nSPS) is 24.2. The number of β-amino-alcohol motifs (C(OH)–C–C–N with tert-alkyl or cyclic N) is 1. The van der Waals surface area contributed by atoms with Crippen LogP contribution in [0.5, 0.6) is 0 Å². The van der Waals surface area contributed by atoms with E-state index in [-0.39, 0.29) is 0 Å². The fourth-order valence-electron chi connectivity index (χ4n) is 2.91. The molecule has 17 heavy (non-hydrogen) atoms. The van der Waals surface area contributed by atoms with Gasteiger partial charge in [-0.05, 0) is 63.3 Å². The van der Waals surface area contributed by atoms with Crippen molar-refractivity contribution in [2.24, 2.45) is 0 Å². The van der Waals surface area contributed by atoms with Crippen molar-refractivity contribution in [1.82, 2.24) is 5.32 Å². The fraction of sp³-hybridized carbons (Fsp3) is 0.600. The smallest absolute Gasteiger partial charge is 0.0786 e. The van der Waals surface area contributed by atoms with Gasteiger partial charge in [-0.15, -0.1) is 0 Å². The van der Waals surface area contributed by atoms with Crippen LogP contribution in [-0.4, -0.2) is 23.8 Å². The number of aliphatic hydroxyl groups is 1. The number of hydrogen-bond donors (Lipinski definition) is 2. The molecule has 0 saturated carbocycles. The topological polar surface area (TPSA) is 32.3 Å². The molecule has 0 radical (unpaired) electrons. The second-order valence-corrected chi connectivity index (χ2v) is 5.53. The molecule has 1 atom stereocenters. The van der Waals surface area contributed by atoms with Gasteiger partial charge in [-0.1, -0.05) is 17.7 Å². The highest BCUT2D eigenvalue weighted by molar-refractivity contribution is 5.37. The summed E-state index contributed by atoms with van der Waals surface area (Å²) in [4.78, 5) is 0. The lowest BCUT2D eigenvalue weighted by Crippen LogP contribution is -2.31. The standard InChI is InChI=1S/C15H23NO/c1-11-8-12(2)14(13(3)9-11)4-5-15(17)6-7-16-10-15/h8-9,16-17H,4-7,10H2,1-3H3. The van der Waals surface area contributed by atoms with E-state index >= 15 is 0 Å². The lowest BCUT2D eigenvalue weighted by molar-refractivity contribution is 0.0526. The molecule has 1 aromatic carbocycles. The van der Waals surface area contributed by atoms with E-state index in [1.54, 1.807) is 0 Å². The zero-order valence-corrected chi connectivity index (χ0v) is 11.1. The van der Waals surface area contributed by atoms with Crippen LogP contribution >= 0.6 is 0 Å². The van der Waals surface area contributed by atoms with Gasteiger partial charge in [0.2, 0.25) is 0 Å². The third-order valence-corrected chi connectivity index (χ3v) is 3.90. The minimum atomic E-state index is -0.482. The predicted molar refractivity (Wildman–Crippen MR) is 71.4 cm³/mol. The van der Waals surface area contributed by atoms with E-state index in [9.17, 15) is 5.11 Å². The molecule has 2 N–H and O–H groups in total. The van der Waals surface area contributed by atoms with Gasteiger partial charge in [0.05, 0.1) is 5.60 Å². The molecule has 94 valence electrons. The molecule has 2 nitrogen and oxygen atoms in total. The molecule has 0 bridgehead atoms. The number of aryl methyl sites for hydroxylation is 3. The van der Waals surface area contributed by atoms with Crippen molar-refractivity contribution in [3.8, 4) is 0 Å². The maximum Gasteiger partial charge on any atom is 0.0786 e. The van der Waals surface area contributed by atoms with Crippen LogP contribution in [0.15, 0.2) is 12.1 Å². The first-order valence-electron chi connectivity index (χ1n) is 6.50. The number of benzene rings is 1. The van der Waals surface area contributed by atoms with Gasteiger partial charge in [0.25, 0.3) is 0 Å². The van der Waals surface area contributed by atoms with Gasteiger partial charge in [-0.25, -0.2) is 0 Å². The summed E-state index contributed by atoms with van der Waals surface area (Å²) < 4.78 is 0. The SMILES string of the molecule is Cc1cc(C)c(CCC2(O)CCNC2)c(C)c1. The summed E-state index contributed by atoms with van der Waals surface area (Å²) in [6.45, 7) is 8.18. The quantitative estimate of drug-likeness (QED) is 0.839. The molecule has 1 fully saturated rings. The molecule has 1 unspecified atom stereocenters. The minimum Gasteiger partial charge on any atom is -0.389 e. The van der Waals surface area contributed by atoms with Crippen molar-refractivity contribution < 1.29 is 5.11 Å². The largest absolute Gasteiger partial charge is 0.389 e. The van der Waals surface area contributed by atoms with Gasteiger partial charge in [-0.3, -0.25) is 0 Å². The van der Waals surface area contributed by atoms with Crippen LogP contribution in [-0.2, 0) is 6.42 Å². The summed E-state index contributed by atoms with van der Waals surface area (Å²) in [6, 6.07) is 4.47. The number of nitrogens with one attached hydrogen (secondary N) is 1. The van der Waals surface area contributed by atoms with E-state index in [1.807, 2.05) is 0 Å². The molecule has 1 saturated heterocycles. The Bertz CT molecular complexity index is 382. The number of rotatable bonds is 3. The first kappa shape index (κ1) is 12.6. The van der Waals surface area contributed by atoms with Crippen molar-refractivity contribution in [2.45, 2.75) is 45.6 Å². The second kappa shape index (κ2) is 4.79. The minimum absolute atomic E-state index is 0.482. The van der Waals surface area contributed by atoms with Gasteiger partial charge in [-0.2, -0.15) is 0 Å². The van der Waals surface area contributed by atoms with E-state index in [0.717, 1.165) is 32.4 Å². The Morgan fingerprint density at radius 1 is 1.24 bits per heavy atom. The summed E-state index contributed by atoms with van der Waals surface area (Å²) in [5.41, 5.74) is 4.97. The average molecular weight is 233 g/mol. The van der Waals surface area contributed by atoms with Crippen LogP contribution in [0.25, 0.3) is 0 Å². The maximum atomic E-state index is 10.3. The fourth-order valence-corrected chi connectivity index (χ4v) is 2.91. The summed E-state index contributed by atoms with van der Waals surface area (Å²) >= 11 is 0. The van der Waals surface area contributed by atoms with E-state index in [4.69, 9.17) is 0 Å². The molecule has 2 heteroatoms. The zero-order chi connectivity index (χ0) is 12.5. The Morgan fingerprint density at radius 2 is 1.88 bits per heavy atom. The van der Waals surface area contributed by atoms with Crippen molar-refractivity contribution in [1.29, 1.82) is 0 Å². The first-order valence-corrected chi connectivity index (χ1v) is 6.50. The van der Waals surface area contributed by atoms with Crippen LogP contribution in [0.1, 0.15) is 35.1 Å². The maximum absolute atomic E-state index is 10.3. The van der Waals surface area contributed by atoms with Gasteiger partial charge < -0.3 is 10.4 Å². The molecule has 0 aliphatic carbocycles. The summed E-state index contributed by atoms with van der Waals surface area (Å²) in [5, 5.41) is 13.6. The monoisotopic (exact) mass is 233 g/mol. The molecule has 1 aliphatic rings. The third kappa shape index (κ3) is 2.88. The van der Waals surface area contributed by atoms with Gasteiger partial charge in [0.15, 0.2) is 0 Å². The van der Waals surface area contributed by atoms with Gasteiger partial charge >= 0.3 is 0 Å². The summed E-state index contributed by atoms with van der Waals surface area (Å²) in [5.74, 6) is 0. The Kier molecular flexibility index (Phi) is 3.55. The van der Waals surface area contributed by atoms with Crippen molar-refractivity contribution in [3.05, 3.63) is 34.4 Å². The Morgan fingerprint density at radius 3 is 2.41 bits per heavy atom. The third-order valence-electron chi connectivity index (χ3n) is 3.90. The van der Waals surface area contributed by atoms with Crippen LogP contribution in [0.4, 0.5) is 0 Å². The van der Waals surface area contributed by atoms with Gasteiger partial charge in [0.1, 0.15) is 0 Å². The lowest BCUT2D eigenvalue weighted by Gasteiger charge is -2.22. The van der Waals surface area contributed by atoms with E-state index in [2.05, 4.69) is 38.2 Å². The van der Waals surface area contributed by atoms with Crippen molar-refractivity contribution >= 4 is 0 Å². The molecule has 1 aromatic rings. The van der Waals surface area contributed by atoms with Crippen molar-refractivity contribution in [3.63, 3.8) is 0 Å². The van der Waals surface area contributed by atoms with Crippen molar-refractivity contribution in [2.75, 3.05) is 13.1 Å². The highest BCUT2D eigenvalue weighted by atomic mass is 16.3. The predicted octanol–water partition coefficient (Wildman–Crippen LogP) is 2.27. The Balaban J connectivity index is 2.08. The molecular weight excluding hydrogens is 210 g/mol. The number of hydrogen-bond acceptors (Lipinski definition) is 2. The van der Waals surface area contributed by atoms with Crippen LogP contribution in [0.3, 0.4) is 0 Å². The van der Waals surface area contributed by atoms with Crippen LogP contribution < -0.4 is 5.32 Å². The molecule has 2 rings (SSSR count). The Labute approximate surface area is 104 Å². The zero-order valence-electron chi connectivity index (χ0n) is 11.1. The lowest BCUT2D eigenvalue weighted by atomic mass is 9.90. The van der Waals surface area contributed by atoms with Crippen LogP contribution in [0.2, 0.25) is 0 Å². The highest BCUT2D eigenvalue weighted by Crippen LogP contribution is 2.24. The first-order chi connectivity index (χ1) is 8.00. The summed E-state index contributed by atoms with van der Waals surface area (Å²) in [7, 11) is 0. The van der Waals surface area contributed by atoms with E-state index < -0.39 is 5.60 Å². The van der Waals surface area contributed by atoms with Gasteiger partial charge in [0, 0.05) is 6.54 Å². The molecule has 1 heterocycles. The summed E-state index contributed by atoms with van der Waals surface area (Å²) in [6.07, 6.45) is 2.73. The average Bonchev–Trinajstić information content (AvgIpc) is 2.64. The van der Waals surface area contributed by atoms with E-state index in [1.165, 1.54) is 22.3 Å². The van der Waals surface area contributed by atoms with Crippen LogP contribution in [0, 0.1) is 20.8 Å². The highest BCUT2D eigenvalue weighted by Gasteiger charge is 2.30. The molecule has 0 spiro atoms. The molecular formula is C15H23NO. The Hall–Kier alpha value is -0.860. The molecule has 0 amide bonds.